The van der Waals surface area contributed by atoms with E-state index in [1.165, 1.54) is 12.1 Å². The summed E-state index contributed by atoms with van der Waals surface area (Å²) in [5, 5.41) is 0. The molecule has 1 fully saturated rings. The van der Waals surface area contributed by atoms with Crippen LogP contribution in [0, 0.1) is 10.5 Å². The summed E-state index contributed by atoms with van der Waals surface area (Å²) in [5.74, 6) is 0.807. The molecule has 6 heteroatoms. The van der Waals surface area contributed by atoms with Crippen molar-refractivity contribution < 1.29 is 4.39 Å². The summed E-state index contributed by atoms with van der Waals surface area (Å²) < 4.78 is 15.5. The second kappa shape index (κ2) is 5.07. The quantitative estimate of drug-likeness (QED) is 0.684. The van der Waals surface area contributed by atoms with E-state index in [1.54, 1.807) is 6.07 Å². The Morgan fingerprint density at radius 3 is 2.74 bits per heavy atom. The number of aromatic amines is 1. The molecule has 2 nitrogen and oxygen atoms in total. The maximum atomic E-state index is 13.4. The summed E-state index contributed by atoms with van der Waals surface area (Å²) in [6.07, 6.45) is 2.30. The van der Waals surface area contributed by atoms with Gasteiger partial charge in [0, 0.05) is 21.6 Å². The van der Waals surface area contributed by atoms with Crippen molar-refractivity contribution in [1.82, 2.24) is 9.97 Å². The number of aromatic nitrogens is 2. The number of rotatable bonds is 2. The number of halogens is 3. The molecule has 2 aromatic rings. The van der Waals surface area contributed by atoms with Crippen molar-refractivity contribution in [2.24, 2.45) is 0 Å². The predicted octanol–water partition coefficient (Wildman–Crippen LogP) is 5.35. The maximum absolute atomic E-state index is 13.4. The van der Waals surface area contributed by atoms with Crippen LogP contribution in [0.1, 0.15) is 24.5 Å². The van der Waals surface area contributed by atoms with Gasteiger partial charge in [0.05, 0.1) is 4.47 Å². The highest BCUT2D eigenvalue weighted by atomic mass is 79.9. The van der Waals surface area contributed by atoms with E-state index in [0.717, 1.165) is 27.5 Å². The van der Waals surface area contributed by atoms with Crippen molar-refractivity contribution in [2.45, 2.75) is 18.8 Å². The van der Waals surface area contributed by atoms with E-state index in [-0.39, 0.29) is 5.82 Å². The average Bonchev–Trinajstić information content (AvgIpc) is 3.20. The Hall–Kier alpha value is -0.590. The van der Waals surface area contributed by atoms with Gasteiger partial charge < -0.3 is 4.98 Å². The molecule has 1 aromatic heterocycles. The molecule has 0 saturated heterocycles. The molecule has 0 bridgehead atoms. The summed E-state index contributed by atoms with van der Waals surface area (Å²) in [5.41, 5.74) is 1.74. The van der Waals surface area contributed by atoms with Crippen LogP contribution in [0.25, 0.3) is 11.4 Å². The van der Waals surface area contributed by atoms with Gasteiger partial charge in [-0.15, -0.1) is 0 Å². The van der Waals surface area contributed by atoms with Crippen LogP contribution in [0.5, 0.6) is 0 Å². The van der Waals surface area contributed by atoms with Gasteiger partial charge in [-0.3, -0.25) is 0 Å². The zero-order chi connectivity index (χ0) is 13.6. The van der Waals surface area contributed by atoms with Gasteiger partial charge in [0.2, 0.25) is 0 Å². The fourth-order valence-corrected chi connectivity index (χ4v) is 3.08. The first-order valence-corrected chi connectivity index (χ1v) is 7.81. The minimum absolute atomic E-state index is 0.296. The third-order valence-electron chi connectivity index (χ3n) is 3.06. The lowest BCUT2D eigenvalue weighted by molar-refractivity contribution is 0.628. The largest absolute Gasteiger partial charge is 0.342 e. The van der Waals surface area contributed by atoms with Crippen LogP contribution < -0.4 is 0 Å². The normalized spacial score (nSPS) is 14.7. The van der Waals surface area contributed by atoms with Crippen molar-refractivity contribution in [2.75, 3.05) is 0 Å². The monoisotopic (exact) mass is 402 g/mol. The maximum Gasteiger partial charge on any atom is 0.144 e. The summed E-state index contributed by atoms with van der Waals surface area (Å²) in [7, 11) is 0. The van der Waals surface area contributed by atoms with Crippen LogP contribution in [-0.4, -0.2) is 9.97 Å². The van der Waals surface area contributed by atoms with E-state index in [1.807, 2.05) is 0 Å². The van der Waals surface area contributed by atoms with E-state index in [2.05, 4.69) is 41.8 Å². The minimum Gasteiger partial charge on any atom is -0.342 e. The summed E-state index contributed by atoms with van der Waals surface area (Å²) >= 11 is 12.2. The van der Waals surface area contributed by atoms with E-state index in [4.69, 9.17) is 12.2 Å². The van der Waals surface area contributed by atoms with Gasteiger partial charge >= 0.3 is 0 Å². The molecule has 0 amide bonds. The molecule has 3 rings (SSSR count). The summed E-state index contributed by atoms with van der Waals surface area (Å²) in [6, 6.07) is 4.52. The number of nitrogens with one attached hydrogen (secondary N) is 1. The van der Waals surface area contributed by atoms with Crippen molar-refractivity contribution in [1.29, 1.82) is 0 Å². The SMILES string of the molecule is Fc1ccc(Br)c(-c2nc(=S)c(Br)c(C3CC3)[nH]2)c1. The second-order valence-electron chi connectivity index (χ2n) is 4.52. The van der Waals surface area contributed by atoms with Gasteiger partial charge in [0.15, 0.2) is 0 Å². The smallest absolute Gasteiger partial charge is 0.144 e. The second-order valence-corrected chi connectivity index (χ2v) is 6.55. The van der Waals surface area contributed by atoms with Crippen LogP contribution in [-0.2, 0) is 0 Å². The third kappa shape index (κ3) is 2.66. The number of hydrogen-bond donors (Lipinski definition) is 1. The van der Waals surface area contributed by atoms with E-state index < -0.39 is 0 Å². The fraction of sp³-hybridized carbons (Fsp3) is 0.231. The van der Waals surface area contributed by atoms with Crippen molar-refractivity contribution >= 4 is 44.1 Å². The molecule has 1 aromatic carbocycles. The first kappa shape index (κ1) is 13.4. The highest BCUT2D eigenvalue weighted by molar-refractivity contribution is 9.11. The number of benzene rings is 1. The molecular formula is C13H9Br2FN2S. The van der Waals surface area contributed by atoms with Gasteiger partial charge in [-0.25, -0.2) is 9.37 Å². The molecule has 98 valence electrons. The van der Waals surface area contributed by atoms with Crippen molar-refractivity contribution in [3.8, 4) is 11.4 Å². The van der Waals surface area contributed by atoms with E-state index >= 15 is 0 Å². The first-order valence-electron chi connectivity index (χ1n) is 5.81. The van der Waals surface area contributed by atoms with Gasteiger partial charge in [-0.05, 0) is 47.0 Å². The zero-order valence-electron chi connectivity index (χ0n) is 9.71. The van der Waals surface area contributed by atoms with Crippen LogP contribution in [0.3, 0.4) is 0 Å². The van der Waals surface area contributed by atoms with E-state index in [0.29, 0.717) is 21.9 Å². The molecule has 1 saturated carbocycles. The highest BCUT2D eigenvalue weighted by Crippen LogP contribution is 2.43. The third-order valence-corrected chi connectivity index (χ3v) is 5.11. The fourth-order valence-electron chi connectivity index (χ4n) is 1.94. The summed E-state index contributed by atoms with van der Waals surface area (Å²) in [6.45, 7) is 0. The predicted molar refractivity (Wildman–Crippen MR) is 82.2 cm³/mol. The molecule has 0 atom stereocenters. The van der Waals surface area contributed by atoms with Gasteiger partial charge in [0.25, 0.3) is 0 Å². The van der Waals surface area contributed by atoms with Crippen LogP contribution in [0.15, 0.2) is 27.1 Å². The Morgan fingerprint density at radius 1 is 1.32 bits per heavy atom. The van der Waals surface area contributed by atoms with Crippen molar-refractivity contribution in [3.05, 3.63) is 43.3 Å². The Morgan fingerprint density at radius 2 is 2.05 bits per heavy atom. The number of hydrogen-bond acceptors (Lipinski definition) is 2. The lowest BCUT2D eigenvalue weighted by atomic mass is 10.2. The van der Waals surface area contributed by atoms with Gasteiger partial charge in [-0.1, -0.05) is 28.1 Å². The molecule has 19 heavy (non-hydrogen) atoms. The molecule has 1 aliphatic carbocycles. The molecule has 0 radical (unpaired) electrons. The Labute approximate surface area is 131 Å². The van der Waals surface area contributed by atoms with Gasteiger partial charge in [0.1, 0.15) is 16.3 Å². The van der Waals surface area contributed by atoms with Crippen LogP contribution in [0.2, 0.25) is 0 Å². The number of H-pyrrole nitrogens is 1. The Bertz CT molecular complexity index is 710. The number of nitrogens with zero attached hydrogens (tertiary/aromatic N) is 1. The first-order chi connectivity index (χ1) is 9.06. The molecule has 1 heterocycles. The standard InChI is InChI=1S/C13H9Br2FN2S/c14-9-4-3-7(16)5-8(9)12-17-11(6-1-2-6)10(15)13(19)18-12/h3-6H,1-2H2,(H,17,18,19). The Kier molecular flexibility index (Phi) is 3.57. The zero-order valence-corrected chi connectivity index (χ0v) is 13.7. The molecule has 0 unspecified atom stereocenters. The van der Waals surface area contributed by atoms with Crippen LogP contribution in [0.4, 0.5) is 4.39 Å². The molecule has 1 N–H and O–H groups in total. The lowest BCUT2D eigenvalue weighted by Gasteiger charge is -2.09. The molecule has 1 aliphatic rings. The average molecular weight is 404 g/mol. The van der Waals surface area contributed by atoms with Crippen LogP contribution >= 0.6 is 44.1 Å². The molecular weight excluding hydrogens is 395 g/mol. The topological polar surface area (TPSA) is 28.7 Å². The molecule has 0 aliphatic heterocycles. The molecule has 0 spiro atoms. The Balaban J connectivity index is 2.20. The summed E-state index contributed by atoms with van der Waals surface area (Å²) in [4.78, 5) is 7.61. The van der Waals surface area contributed by atoms with Crippen molar-refractivity contribution in [3.63, 3.8) is 0 Å². The lowest BCUT2D eigenvalue weighted by Crippen LogP contribution is -1.98. The van der Waals surface area contributed by atoms with Gasteiger partial charge in [-0.2, -0.15) is 0 Å². The minimum atomic E-state index is -0.296. The highest BCUT2D eigenvalue weighted by Gasteiger charge is 2.27. The van der Waals surface area contributed by atoms with E-state index in [9.17, 15) is 4.39 Å².